The van der Waals surface area contributed by atoms with Gasteiger partial charge in [0, 0.05) is 23.3 Å². The largest absolute Gasteiger partial charge is 0.490 e. The maximum atomic E-state index is 14.1. The number of hydrogen-bond acceptors (Lipinski definition) is 9. The van der Waals surface area contributed by atoms with E-state index in [4.69, 9.17) is 18.9 Å². The van der Waals surface area contributed by atoms with Crippen LogP contribution in [0.3, 0.4) is 0 Å². The van der Waals surface area contributed by atoms with Crippen molar-refractivity contribution in [3.8, 4) is 17.2 Å². The van der Waals surface area contributed by atoms with Crippen LogP contribution in [0.1, 0.15) is 52.8 Å². The molecule has 0 spiro atoms. The normalized spacial score (nSPS) is 14.4. The smallest absolute Gasteiger partial charge is 0.337 e. The van der Waals surface area contributed by atoms with Gasteiger partial charge in [-0.3, -0.25) is 9.36 Å². The Bertz CT molecular complexity index is 1970. The molecule has 0 fully saturated rings. The van der Waals surface area contributed by atoms with Crippen LogP contribution in [0.25, 0.3) is 11.8 Å². The number of ether oxygens (including phenoxy) is 4. The van der Waals surface area contributed by atoms with Crippen molar-refractivity contribution in [2.75, 3.05) is 27.4 Å². The molecule has 2 aromatic heterocycles. The van der Waals surface area contributed by atoms with E-state index in [0.717, 1.165) is 22.6 Å². The summed E-state index contributed by atoms with van der Waals surface area (Å²) in [5.74, 6) is 0.0792. The summed E-state index contributed by atoms with van der Waals surface area (Å²) >= 11 is 1.24. The maximum absolute atomic E-state index is 14.1. The molecule has 10 nitrogen and oxygen atoms in total. The highest BCUT2D eigenvalue weighted by molar-refractivity contribution is 7.07. The Labute approximate surface area is 258 Å². The number of nitrogens with zero attached hydrogens (tertiary/aromatic N) is 3. The summed E-state index contributed by atoms with van der Waals surface area (Å²) in [6, 6.07) is 13.7. The zero-order valence-electron chi connectivity index (χ0n) is 25.4. The fourth-order valence-corrected chi connectivity index (χ4v) is 6.31. The summed E-state index contributed by atoms with van der Waals surface area (Å²) in [7, 11) is 2.65. The number of aromatic nitrogens is 2. The van der Waals surface area contributed by atoms with E-state index < -0.39 is 18.0 Å². The Kier molecular flexibility index (Phi) is 8.86. The summed E-state index contributed by atoms with van der Waals surface area (Å²) < 4.78 is 25.5. The van der Waals surface area contributed by atoms with Crippen molar-refractivity contribution in [2.24, 2.45) is 4.99 Å². The van der Waals surface area contributed by atoms with Crippen molar-refractivity contribution in [1.29, 1.82) is 0 Å². The van der Waals surface area contributed by atoms with Gasteiger partial charge in [-0.15, -0.1) is 0 Å². The Morgan fingerprint density at radius 2 is 1.68 bits per heavy atom. The van der Waals surface area contributed by atoms with Crippen molar-refractivity contribution in [2.45, 2.75) is 33.7 Å². The van der Waals surface area contributed by atoms with Crippen LogP contribution in [0.5, 0.6) is 11.5 Å². The van der Waals surface area contributed by atoms with Gasteiger partial charge in [-0.1, -0.05) is 23.5 Å². The third-order valence-electron chi connectivity index (χ3n) is 7.29. The van der Waals surface area contributed by atoms with Gasteiger partial charge in [0.1, 0.15) is 0 Å². The van der Waals surface area contributed by atoms with Crippen molar-refractivity contribution in [3.63, 3.8) is 0 Å². The number of fused-ring (bicyclic) bond motifs is 1. The van der Waals surface area contributed by atoms with Gasteiger partial charge in [-0.25, -0.2) is 14.6 Å². The molecule has 0 aliphatic carbocycles. The molecule has 44 heavy (non-hydrogen) atoms. The molecule has 4 aromatic rings. The highest BCUT2D eigenvalue weighted by Gasteiger charge is 2.31. The molecule has 1 atom stereocenters. The molecule has 0 saturated carbocycles. The molecule has 0 saturated heterocycles. The summed E-state index contributed by atoms with van der Waals surface area (Å²) in [6.07, 6.45) is 3.29. The zero-order chi connectivity index (χ0) is 31.5. The first-order chi connectivity index (χ1) is 21.2. The number of methoxy groups -OCH3 is 2. The van der Waals surface area contributed by atoms with E-state index in [1.54, 1.807) is 30.3 Å². The molecule has 0 unspecified atom stereocenters. The molecule has 11 heteroatoms. The molecule has 5 rings (SSSR count). The van der Waals surface area contributed by atoms with Crippen LogP contribution >= 0.6 is 11.3 Å². The Morgan fingerprint density at radius 3 is 2.39 bits per heavy atom. The molecule has 1 aliphatic heterocycles. The van der Waals surface area contributed by atoms with Crippen molar-refractivity contribution in [3.05, 3.63) is 108 Å². The van der Waals surface area contributed by atoms with E-state index in [1.807, 2.05) is 56.5 Å². The number of esters is 2. The van der Waals surface area contributed by atoms with Crippen molar-refractivity contribution >= 4 is 29.4 Å². The first-order valence-corrected chi connectivity index (χ1v) is 14.9. The first kappa shape index (κ1) is 30.6. The first-order valence-electron chi connectivity index (χ1n) is 14.1. The van der Waals surface area contributed by atoms with Crippen LogP contribution in [-0.2, 0) is 14.3 Å². The molecule has 1 aliphatic rings. The lowest BCUT2D eigenvalue weighted by Crippen LogP contribution is -2.39. The molecule has 2 aromatic carbocycles. The van der Waals surface area contributed by atoms with Crippen LogP contribution in [-0.4, -0.2) is 48.5 Å². The van der Waals surface area contributed by atoms with Gasteiger partial charge >= 0.3 is 11.9 Å². The lowest BCUT2D eigenvalue weighted by Gasteiger charge is -2.23. The second kappa shape index (κ2) is 12.8. The highest BCUT2D eigenvalue weighted by Crippen LogP contribution is 2.35. The standard InChI is InChI=1S/C33H33N3O7S/c1-7-42-26-13-12-21(16-27(26)43-8-2)29-25(32(39)41-6)18-34-33-36(29)30(37)28(44-33)17-23-14-19(3)35(20(23)4)24-11-9-10-22(15-24)31(38)40-5/h9-18,29H,7-8H2,1-6H3/b28-17-/t29-/m1/s1. The van der Waals surface area contributed by atoms with Crippen molar-refractivity contribution < 1.29 is 28.5 Å². The number of carbonyl (C=O) groups excluding carboxylic acids is 2. The van der Waals surface area contributed by atoms with Gasteiger partial charge < -0.3 is 23.5 Å². The molecule has 3 heterocycles. The monoisotopic (exact) mass is 615 g/mol. The number of thiazole rings is 1. The lowest BCUT2D eigenvalue weighted by atomic mass is 9.97. The van der Waals surface area contributed by atoms with E-state index in [0.29, 0.717) is 45.2 Å². The predicted octanol–water partition coefficient (Wildman–Crippen LogP) is 4.01. The molecular weight excluding hydrogens is 582 g/mol. The van der Waals surface area contributed by atoms with Crippen LogP contribution in [0.15, 0.2) is 70.1 Å². The molecule has 0 amide bonds. The number of carbonyl (C=O) groups is 2. The molecule has 228 valence electrons. The van der Waals surface area contributed by atoms with Gasteiger partial charge in [0.25, 0.3) is 5.56 Å². The van der Waals surface area contributed by atoms with E-state index in [-0.39, 0.29) is 11.1 Å². The second-order valence-electron chi connectivity index (χ2n) is 9.95. The van der Waals surface area contributed by atoms with E-state index in [2.05, 4.69) is 4.99 Å². The summed E-state index contributed by atoms with van der Waals surface area (Å²) in [5, 5.41) is 0. The van der Waals surface area contributed by atoms with E-state index in [1.165, 1.54) is 36.3 Å². The van der Waals surface area contributed by atoms with Crippen LogP contribution in [0.4, 0.5) is 0 Å². The topological polar surface area (TPSA) is 110 Å². The number of aryl methyl sites for hydroxylation is 1. The number of hydrogen-bond donors (Lipinski definition) is 0. The minimum absolute atomic E-state index is 0.224. The summed E-state index contributed by atoms with van der Waals surface area (Å²) in [4.78, 5) is 44.0. The second-order valence-corrected chi connectivity index (χ2v) is 11.0. The fraction of sp³-hybridized carbons (Fsp3) is 0.273. The van der Waals surface area contributed by atoms with E-state index >= 15 is 0 Å². The predicted molar refractivity (Wildman–Crippen MR) is 167 cm³/mol. The van der Waals surface area contributed by atoms with Gasteiger partial charge in [0.15, 0.2) is 16.3 Å². The van der Waals surface area contributed by atoms with Crippen LogP contribution in [0.2, 0.25) is 0 Å². The Balaban J connectivity index is 1.64. The zero-order valence-corrected chi connectivity index (χ0v) is 26.2. The van der Waals surface area contributed by atoms with Crippen LogP contribution < -0.4 is 24.4 Å². The van der Waals surface area contributed by atoms with Gasteiger partial charge in [-0.05, 0) is 81.3 Å². The average molecular weight is 616 g/mol. The molecule has 0 bridgehead atoms. The summed E-state index contributed by atoms with van der Waals surface area (Å²) in [5.41, 5.74) is 4.46. The fourth-order valence-electron chi connectivity index (χ4n) is 5.35. The summed E-state index contributed by atoms with van der Waals surface area (Å²) in [6.45, 7) is 8.54. The van der Waals surface area contributed by atoms with Gasteiger partial charge in [-0.2, -0.15) is 0 Å². The quantitative estimate of drug-likeness (QED) is 0.262. The van der Waals surface area contributed by atoms with Gasteiger partial charge in [0.05, 0.1) is 49.1 Å². The lowest BCUT2D eigenvalue weighted by molar-refractivity contribution is -0.136. The van der Waals surface area contributed by atoms with Crippen molar-refractivity contribution in [1.82, 2.24) is 9.13 Å². The van der Waals surface area contributed by atoms with Crippen LogP contribution in [0, 0.1) is 13.8 Å². The Morgan fingerprint density at radius 1 is 0.955 bits per heavy atom. The minimum Gasteiger partial charge on any atom is -0.490 e. The third-order valence-corrected chi connectivity index (χ3v) is 8.29. The van der Waals surface area contributed by atoms with E-state index in [9.17, 15) is 14.4 Å². The number of rotatable bonds is 9. The highest BCUT2D eigenvalue weighted by atomic mass is 32.1. The Hall–Kier alpha value is -4.90. The molecule has 0 radical (unpaired) electrons. The SMILES string of the molecule is CCOc1ccc([C@@H]2C(C(=O)OC)=CN=c3s/c(=C\c4cc(C)n(-c5cccc(C(=O)OC)c5)c4C)c(=O)n32)cc1OCC. The number of benzene rings is 2. The maximum Gasteiger partial charge on any atom is 0.337 e. The third kappa shape index (κ3) is 5.58. The minimum atomic E-state index is -0.788. The van der Waals surface area contributed by atoms with Gasteiger partial charge in [0.2, 0.25) is 0 Å². The average Bonchev–Trinajstić information content (AvgIpc) is 3.50. The molecule has 0 N–H and O–H groups in total. The molecular formula is C33H33N3O7S.